The molecule has 6 amide bonds. The van der Waals surface area contributed by atoms with Gasteiger partial charge in [-0.15, -0.1) is 0 Å². The second-order valence-electron chi connectivity index (χ2n) is 13.4. The van der Waals surface area contributed by atoms with Crippen molar-refractivity contribution in [2.75, 3.05) is 92.2 Å². The molecule has 0 bridgehead atoms. The molecule has 0 saturated heterocycles. The third-order valence-electron chi connectivity index (χ3n) is 8.67. The van der Waals surface area contributed by atoms with Crippen LogP contribution in [0.15, 0.2) is 0 Å². The molecule has 2 atom stereocenters. The molecular weight excluding hydrogens is 700 g/mol. The molecular formula is C38H74N6O10. The zero-order valence-electron chi connectivity index (χ0n) is 33.5. The summed E-state index contributed by atoms with van der Waals surface area (Å²) in [6.45, 7) is 11.1. The minimum Gasteiger partial charge on any atom is -0.447 e. The van der Waals surface area contributed by atoms with Gasteiger partial charge in [0.15, 0.2) is 0 Å². The van der Waals surface area contributed by atoms with E-state index in [0.29, 0.717) is 65.8 Å². The number of alkyl carbamates (subject to hydrolysis) is 2. The first kappa shape index (κ1) is 48.9. The number of urea groups is 2. The van der Waals surface area contributed by atoms with Crippen LogP contribution in [0.5, 0.6) is 0 Å². The number of ether oxygens (including phenoxy) is 6. The fourth-order valence-corrected chi connectivity index (χ4v) is 5.53. The maximum absolute atomic E-state index is 12.6. The summed E-state index contributed by atoms with van der Waals surface area (Å²) in [6, 6.07) is -0.675. The number of unbranched alkanes of at least 4 members (excludes halogenated alkanes) is 8. The quantitative estimate of drug-likeness (QED) is 0.0477. The molecule has 0 aliphatic heterocycles. The van der Waals surface area contributed by atoms with Crippen LogP contribution in [0.1, 0.15) is 117 Å². The van der Waals surface area contributed by atoms with E-state index in [-0.39, 0.29) is 37.4 Å². The normalized spacial score (nSPS) is 15.2. The van der Waals surface area contributed by atoms with Gasteiger partial charge in [0.1, 0.15) is 13.2 Å². The average molecular weight is 775 g/mol. The molecule has 0 spiro atoms. The molecule has 1 rings (SSSR count). The Hall–Kier alpha value is -3.08. The Labute approximate surface area is 324 Å². The topological polar surface area (TPSA) is 196 Å². The lowest BCUT2D eigenvalue weighted by Gasteiger charge is -2.32. The van der Waals surface area contributed by atoms with E-state index in [0.717, 1.165) is 116 Å². The lowest BCUT2D eigenvalue weighted by Crippen LogP contribution is -2.56. The molecule has 6 N–H and O–H groups in total. The van der Waals surface area contributed by atoms with Crippen LogP contribution in [0.3, 0.4) is 0 Å². The first-order valence-electron chi connectivity index (χ1n) is 20.7. The SMILES string of the molecule is CCCCOCCOCCOC(=O)NCCCCCCNC(=O)N[C@@H]1CCCC[C@H]1NC(=O)NCCCCCCNC(=O)OCCOCCOCCCC. The Bertz CT molecular complexity index is 863. The lowest BCUT2D eigenvalue weighted by atomic mass is 9.90. The van der Waals surface area contributed by atoms with Crippen LogP contribution in [-0.4, -0.2) is 129 Å². The van der Waals surface area contributed by atoms with E-state index in [2.05, 4.69) is 45.7 Å². The van der Waals surface area contributed by atoms with Crippen molar-refractivity contribution in [3.05, 3.63) is 0 Å². The van der Waals surface area contributed by atoms with E-state index in [9.17, 15) is 19.2 Å². The summed E-state index contributed by atoms with van der Waals surface area (Å²) in [5, 5.41) is 17.4. The van der Waals surface area contributed by atoms with Gasteiger partial charge in [0.05, 0.1) is 51.7 Å². The molecule has 1 aliphatic rings. The van der Waals surface area contributed by atoms with Crippen molar-refractivity contribution in [1.29, 1.82) is 0 Å². The largest absolute Gasteiger partial charge is 0.447 e. The van der Waals surface area contributed by atoms with Gasteiger partial charge in [-0.05, 0) is 51.4 Å². The molecule has 0 unspecified atom stereocenters. The number of carbonyl (C=O) groups is 4. The number of carbonyl (C=O) groups excluding carboxylic acids is 4. The van der Waals surface area contributed by atoms with Crippen molar-refractivity contribution < 1.29 is 47.6 Å². The van der Waals surface area contributed by atoms with Gasteiger partial charge >= 0.3 is 24.2 Å². The van der Waals surface area contributed by atoms with E-state index >= 15 is 0 Å². The van der Waals surface area contributed by atoms with Gasteiger partial charge in [-0.25, -0.2) is 19.2 Å². The van der Waals surface area contributed by atoms with E-state index in [1.54, 1.807) is 0 Å². The Morgan fingerprint density at radius 3 is 1.13 bits per heavy atom. The average Bonchev–Trinajstić information content (AvgIpc) is 3.16. The second kappa shape index (κ2) is 36.9. The van der Waals surface area contributed by atoms with Crippen molar-refractivity contribution in [1.82, 2.24) is 31.9 Å². The highest BCUT2D eigenvalue weighted by Crippen LogP contribution is 2.18. The van der Waals surface area contributed by atoms with Gasteiger partial charge in [0.25, 0.3) is 0 Å². The molecule has 1 saturated carbocycles. The second-order valence-corrected chi connectivity index (χ2v) is 13.4. The molecule has 316 valence electrons. The van der Waals surface area contributed by atoms with Crippen molar-refractivity contribution in [2.45, 2.75) is 129 Å². The van der Waals surface area contributed by atoms with Gasteiger partial charge < -0.3 is 60.3 Å². The van der Waals surface area contributed by atoms with E-state index in [1.807, 2.05) is 0 Å². The molecule has 1 fully saturated rings. The molecule has 16 heteroatoms. The summed E-state index contributed by atoms with van der Waals surface area (Å²) in [5.41, 5.74) is 0. The zero-order chi connectivity index (χ0) is 39.2. The first-order chi connectivity index (χ1) is 26.5. The fraction of sp³-hybridized carbons (Fsp3) is 0.895. The van der Waals surface area contributed by atoms with E-state index in [4.69, 9.17) is 28.4 Å². The summed E-state index contributed by atoms with van der Waals surface area (Å²) < 4.78 is 31.8. The molecule has 0 aromatic rings. The van der Waals surface area contributed by atoms with E-state index in [1.165, 1.54) is 0 Å². The summed E-state index contributed by atoms with van der Waals surface area (Å²) in [4.78, 5) is 48.6. The zero-order valence-corrected chi connectivity index (χ0v) is 33.5. The molecule has 1 aliphatic carbocycles. The summed E-state index contributed by atoms with van der Waals surface area (Å²) in [6.07, 6.45) is 14.1. The number of nitrogens with one attached hydrogen (secondary N) is 6. The van der Waals surface area contributed by atoms with Crippen LogP contribution < -0.4 is 31.9 Å². The highest BCUT2D eigenvalue weighted by Gasteiger charge is 2.27. The van der Waals surface area contributed by atoms with Crippen molar-refractivity contribution in [2.24, 2.45) is 0 Å². The van der Waals surface area contributed by atoms with E-state index < -0.39 is 12.2 Å². The van der Waals surface area contributed by atoms with Crippen LogP contribution in [0.4, 0.5) is 19.2 Å². The molecule has 0 heterocycles. The van der Waals surface area contributed by atoms with Crippen molar-refractivity contribution >= 4 is 24.2 Å². The predicted molar refractivity (Wildman–Crippen MR) is 208 cm³/mol. The molecule has 0 aromatic heterocycles. The Morgan fingerprint density at radius 2 is 0.759 bits per heavy atom. The molecule has 16 nitrogen and oxygen atoms in total. The smallest absolute Gasteiger partial charge is 0.407 e. The number of rotatable bonds is 34. The van der Waals surface area contributed by atoms with Crippen molar-refractivity contribution in [3.8, 4) is 0 Å². The monoisotopic (exact) mass is 775 g/mol. The third-order valence-corrected chi connectivity index (χ3v) is 8.67. The van der Waals surface area contributed by atoms with Crippen LogP contribution >= 0.6 is 0 Å². The predicted octanol–water partition coefficient (Wildman–Crippen LogP) is 5.14. The van der Waals surface area contributed by atoms with Crippen LogP contribution in [0, 0.1) is 0 Å². The fourth-order valence-electron chi connectivity index (χ4n) is 5.53. The Balaban J connectivity index is 1.98. The number of hydrogen-bond donors (Lipinski definition) is 6. The Morgan fingerprint density at radius 1 is 0.426 bits per heavy atom. The van der Waals surface area contributed by atoms with Gasteiger partial charge in [-0.2, -0.15) is 0 Å². The lowest BCUT2D eigenvalue weighted by molar-refractivity contribution is 0.0274. The van der Waals surface area contributed by atoms with Crippen molar-refractivity contribution in [3.63, 3.8) is 0 Å². The summed E-state index contributed by atoms with van der Waals surface area (Å²) in [5.74, 6) is 0. The summed E-state index contributed by atoms with van der Waals surface area (Å²) >= 11 is 0. The Kier molecular flexibility index (Phi) is 33.4. The minimum absolute atomic E-state index is 0.118. The molecule has 0 aromatic carbocycles. The first-order valence-corrected chi connectivity index (χ1v) is 20.7. The highest BCUT2D eigenvalue weighted by atomic mass is 16.6. The van der Waals surface area contributed by atoms with Crippen LogP contribution in [0.25, 0.3) is 0 Å². The number of amides is 6. The highest BCUT2D eigenvalue weighted by molar-refractivity contribution is 5.76. The van der Waals surface area contributed by atoms with Gasteiger partial charge in [-0.1, -0.05) is 65.2 Å². The molecule has 0 radical (unpaired) electrons. The maximum Gasteiger partial charge on any atom is 0.407 e. The van der Waals surface area contributed by atoms with Crippen LogP contribution in [0.2, 0.25) is 0 Å². The molecule has 54 heavy (non-hydrogen) atoms. The van der Waals surface area contributed by atoms with Gasteiger partial charge in [-0.3, -0.25) is 0 Å². The number of hydrogen-bond acceptors (Lipinski definition) is 10. The van der Waals surface area contributed by atoms with Crippen LogP contribution in [-0.2, 0) is 28.4 Å². The minimum atomic E-state index is -0.445. The van der Waals surface area contributed by atoms with Gasteiger partial charge in [0.2, 0.25) is 0 Å². The third kappa shape index (κ3) is 31.3. The summed E-state index contributed by atoms with van der Waals surface area (Å²) in [7, 11) is 0. The maximum atomic E-state index is 12.6. The van der Waals surface area contributed by atoms with Gasteiger partial charge in [0, 0.05) is 39.4 Å². The standard InChI is InChI=1S/C38H74N6O10/c1-3-5-23-49-25-27-51-29-31-53-37(47)41-21-15-9-7-13-19-39-35(45)43-33-17-11-12-18-34(33)44-36(46)40-20-14-8-10-16-22-42-38(48)54-32-30-52-28-26-50-24-6-4-2/h33-34H,3-32H2,1-2H3,(H,41,47)(H,42,48)(H2,39,43,45)(H2,40,44,46)/t33-,34-/m1/s1.